The number of aliphatic hydroxyl groups is 2. The largest absolute Gasteiger partial charge is 0.393 e. The van der Waals surface area contributed by atoms with E-state index in [-0.39, 0.29) is 0 Å². The second kappa shape index (κ2) is 6.96. The van der Waals surface area contributed by atoms with Gasteiger partial charge in [0.15, 0.2) is 0 Å². The third kappa shape index (κ3) is 3.24. The van der Waals surface area contributed by atoms with E-state index in [1.54, 1.807) is 0 Å². The zero-order chi connectivity index (χ0) is 17.5. The Morgan fingerprint density at radius 2 is 2.00 bits per heavy atom. The highest BCUT2D eigenvalue weighted by molar-refractivity contribution is 5.34. The van der Waals surface area contributed by atoms with Gasteiger partial charge in [0.1, 0.15) is 0 Å². The lowest BCUT2D eigenvalue weighted by atomic mass is 9.59. The topological polar surface area (TPSA) is 40.5 Å². The summed E-state index contributed by atoms with van der Waals surface area (Å²) in [7, 11) is 0. The summed E-state index contributed by atoms with van der Waals surface area (Å²) in [6, 6.07) is 0. The van der Waals surface area contributed by atoms with E-state index in [0.29, 0.717) is 18.3 Å². The van der Waals surface area contributed by atoms with Crippen LogP contribution in [0.1, 0.15) is 72.1 Å². The summed E-state index contributed by atoms with van der Waals surface area (Å²) < 4.78 is 0. The molecule has 0 aromatic rings. The molecule has 24 heavy (non-hydrogen) atoms. The number of allylic oxidation sites excluding steroid dienone is 1. The van der Waals surface area contributed by atoms with Gasteiger partial charge in [-0.25, -0.2) is 0 Å². The monoisotopic (exact) mass is 332 g/mol. The predicted octanol–water partition coefficient (Wildman–Crippen LogP) is 4.86. The van der Waals surface area contributed by atoms with Crippen molar-refractivity contribution in [1.82, 2.24) is 0 Å². The van der Waals surface area contributed by atoms with Crippen LogP contribution in [-0.2, 0) is 0 Å². The van der Waals surface area contributed by atoms with Crippen molar-refractivity contribution in [3.05, 3.63) is 23.8 Å². The normalized spacial score (nSPS) is 45.0. The first kappa shape index (κ1) is 18.2. The van der Waals surface area contributed by atoms with E-state index in [4.69, 9.17) is 0 Å². The molecule has 0 bridgehead atoms. The van der Waals surface area contributed by atoms with Crippen molar-refractivity contribution in [2.45, 2.75) is 84.3 Å². The fourth-order valence-corrected chi connectivity index (χ4v) is 6.35. The van der Waals surface area contributed by atoms with Crippen LogP contribution in [0, 0.1) is 29.1 Å². The van der Waals surface area contributed by atoms with Crippen LogP contribution in [0.3, 0.4) is 0 Å². The Labute approximate surface area is 148 Å². The highest BCUT2D eigenvalue weighted by atomic mass is 16.3. The summed E-state index contributed by atoms with van der Waals surface area (Å²) in [6.07, 6.45) is 10.4. The Balaban J connectivity index is 1.72. The molecule has 3 rings (SSSR count). The average Bonchev–Trinajstić information content (AvgIpc) is 2.87. The highest BCUT2D eigenvalue weighted by Gasteiger charge is 2.51. The maximum Gasteiger partial charge on any atom is 0.0811 e. The third-order valence-electron chi connectivity index (χ3n) is 7.58. The van der Waals surface area contributed by atoms with Crippen LogP contribution >= 0.6 is 0 Å². The predicted molar refractivity (Wildman–Crippen MR) is 99.6 cm³/mol. The number of rotatable bonds is 3. The van der Waals surface area contributed by atoms with Crippen LogP contribution in [-0.4, -0.2) is 22.4 Å². The van der Waals surface area contributed by atoms with Gasteiger partial charge in [0.05, 0.1) is 12.2 Å². The molecule has 136 valence electrons. The van der Waals surface area contributed by atoms with Gasteiger partial charge in [-0.1, -0.05) is 39.8 Å². The maximum atomic E-state index is 10.0. The Bertz CT molecular complexity index is 506. The molecule has 0 radical (unpaired) electrons. The van der Waals surface area contributed by atoms with Gasteiger partial charge >= 0.3 is 0 Å². The summed E-state index contributed by atoms with van der Waals surface area (Å²) in [5.41, 5.74) is 2.47. The molecule has 0 aliphatic heterocycles. The molecule has 3 fully saturated rings. The maximum absolute atomic E-state index is 10.0. The van der Waals surface area contributed by atoms with Gasteiger partial charge in [0.25, 0.3) is 0 Å². The molecule has 0 spiro atoms. The Kier molecular flexibility index (Phi) is 5.28. The quantitative estimate of drug-likeness (QED) is 0.774. The standard InChI is InChI=1S/C22H36O2/c1-14(2)19-9-10-20-16(6-5-11-22(19,20)4)7-8-17-12-18(23)13-21(24)15(17)3/h8,14,16,18-21,23-24H,3,5-7,9-13H2,1-2,4H3/b17-8-/t16?,18-,19-,20+,21+,22-/m1/s1. The second-order valence-corrected chi connectivity index (χ2v) is 9.29. The first-order chi connectivity index (χ1) is 11.3. The van der Waals surface area contributed by atoms with Gasteiger partial charge in [-0.3, -0.25) is 0 Å². The van der Waals surface area contributed by atoms with Crippen molar-refractivity contribution in [2.24, 2.45) is 29.1 Å². The molecule has 0 aromatic heterocycles. The SMILES string of the molecule is C=C1/C(=C\CC2CCC[C@]3(C)[C@@H](C(C)C)CC[C@@H]23)C[C@@H](O)C[C@@H]1O. The van der Waals surface area contributed by atoms with Crippen LogP contribution in [0.15, 0.2) is 23.8 Å². The van der Waals surface area contributed by atoms with Crippen molar-refractivity contribution in [3.63, 3.8) is 0 Å². The lowest BCUT2D eigenvalue weighted by Crippen LogP contribution is -2.38. The van der Waals surface area contributed by atoms with E-state index < -0.39 is 12.2 Å². The Morgan fingerprint density at radius 3 is 2.71 bits per heavy atom. The lowest BCUT2D eigenvalue weighted by Gasteiger charge is -2.46. The van der Waals surface area contributed by atoms with Gasteiger partial charge in [-0.05, 0) is 78.8 Å². The van der Waals surface area contributed by atoms with Crippen LogP contribution in [0.4, 0.5) is 0 Å². The number of hydrogen-bond acceptors (Lipinski definition) is 2. The molecule has 3 aliphatic carbocycles. The molecule has 6 atom stereocenters. The Morgan fingerprint density at radius 1 is 1.25 bits per heavy atom. The fraction of sp³-hybridized carbons (Fsp3) is 0.818. The van der Waals surface area contributed by atoms with E-state index in [9.17, 15) is 10.2 Å². The summed E-state index contributed by atoms with van der Waals surface area (Å²) in [6.45, 7) is 11.4. The van der Waals surface area contributed by atoms with Crippen molar-refractivity contribution < 1.29 is 10.2 Å². The highest BCUT2D eigenvalue weighted by Crippen LogP contribution is 2.60. The third-order valence-corrected chi connectivity index (χ3v) is 7.58. The number of fused-ring (bicyclic) bond motifs is 1. The van der Waals surface area contributed by atoms with Crippen molar-refractivity contribution >= 4 is 0 Å². The van der Waals surface area contributed by atoms with E-state index >= 15 is 0 Å². The molecule has 2 nitrogen and oxygen atoms in total. The fourth-order valence-electron chi connectivity index (χ4n) is 6.35. The van der Waals surface area contributed by atoms with Gasteiger partial charge in [0.2, 0.25) is 0 Å². The first-order valence-corrected chi connectivity index (χ1v) is 10.1. The van der Waals surface area contributed by atoms with Crippen LogP contribution in [0.2, 0.25) is 0 Å². The minimum Gasteiger partial charge on any atom is -0.393 e. The molecule has 0 saturated heterocycles. The molecule has 1 unspecified atom stereocenters. The Hall–Kier alpha value is -0.600. The lowest BCUT2D eigenvalue weighted by molar-refractivity contribution is 0.0347. The van der Waals surface area contributed by atoms with Gasteiger partial charge in [0, 0.05) is 6.42 Å². The van der Waals surface area contributed by atoms with Crippen LogP contribution < -0.4 is 0 Å². The van der Waals surface area contributed by atoms with Crippen molar-refractivity contribution in [1.29, 1.82) is 0 Å². The molecule has 0 aromatic carbocycles. The molecular formula is C22H36O2. The summed E-state index contributed by atoms with van der Waals surface area (Å²) in [4.78, 5) is 0. The molecule has 2 heteroatoms. The summed E-state index contributed by atoms with van der Waals surface area (Å²) in [5, 5.41) is 20.0. The zero-order valence-electron chi connectivity index (χ0n) is 15.8. The molecule has 3 saturated carbocycles. The first-order valence-electron chi connectivity index (χ1n) is 10.1. The molecular weight excluding hydrogens is 296 g/mol. The smallest absolute Gasteiger partial charge is 0.0811 e. The minimum absolute atomic E-state index is 0.412. The second-order valence-electron chi connectivity index (χ2n) is 9.29. The van der Waals surface area contributed by atoms with Gasteiger partial charge in [-0.2, -0.15) is 0 Å². The zero-order valence-corrected chi connectivity index (χ0v) is 15.8. The summed E-state index contributed by atoms with van der Waals surface area (Å²) in [5.74, 6) is 3.29. The van der Waals surface area contributed by atoms with E-state index in [1.807, 2.05) is 0 Å². The van der Waals surface area contributed by atoms with Crippen LogP contribution in [0.25, 0.3) is 0 Å². The van der Waals surface area contributed by atoms with Gasteiger partial charge in [-0.15, -0.1) is 0 Å². The van der Waals surface area contributed by atoms with Gasteiger partial charge < -0.3 is 10.2 Å². The number of hydrogen-bond donors (Lipinski definition) is 2. The van der Waals surface area contributed by atoms with Crippen molar-refractivity contribution in [3.8, 4) is 0 Å². The molecule has 3 aliphatic rings. The molecule has 0 amide bonds. The number of aliphatic hydroxyl groups excluding tert-OH is 2. The summed E-state index contributed by atoms with van der Waals surface area (Å²) >= 11 is 0. The van der Waals surface area contributed by atoms with E-state index in [2.05, 4.69) is 33.4 Å². The molecule has 2 N–H and O–H groups in total. The van der Waals surface area contributed by atoms with E-state index in [0.717, 1.165) is 41.2 Å². The van der Waals surface area contributed by atoms with E-state index in [1.165, 1.54) is 32.1 Å². The van der Waals surface area contributed by atoms with Crippen molar-refractivity contribution in [2.75, 3.05) is 0 Å². The van der Waals surface area contributed by atoms with Crippen LogP contribution in [0.5, 0.6) is 0 Å². The minimum atomic E-state index is -0.562. The average molecular weight is 333 g/mol. The molecule has 0 heterocycles.